The van der Waals surface area contributed by atoms with Crippen molar-refractivity contribution in [2.45, 2.75) is 63.8 Å². The Kier molecular flexibility index (Phi) is 3.26. The van der Waals surface area contributed by atoms with Crippen molar-refractivity contribution in [2.75, 3.05) is 0 Å². The largest absolute Gasteiger partial charge is 0.328 e. The molecule has 0 aromatic heterocycles. The molecule has 1 nitrogen and oxygen atoms in total. The van der Waals surface area contributed by atoms with Gasteiger partial charge in [-0.25, -0.2) is 0 Å². The van der Waals surface area contributed by atoms with Crippen molar-refractivity contribution in [2.24, 2.45) is 17.6 Å². The third kappa shape index (κ3) is 3.30. The maximum atomic E-state index is 6.09. The third-order valence-electron chi connectivity index (χ3n) is 3.75. The fourth-order valence-corrected chi connectivity index (χ4v) is 2.65. The molecule has 2 rings (SSSR count). The number of rotatable bonds is 5. The molecule has 2 aliphatic carbocycles. The van der Waals surface area contributed by atoms with Crippen LogP contribution < -0.4 is 5.73 Å². The van der Waals surface area contributed by atoms with Crippen molar-refractivity contribution < 1.29 is 0 Å². The SMILES string of the molecule is NC(CCC1CCCC1)CC1CC1. The van der Waals surface area contributed by atoms with E-state index >= 15 is 0 Å². The Bertz CT molecular complexity index is 145. The smallest absolute Gasteiger partial charge is 0.00415 e. The summed E-state index contributed by atoms with van der Waals surface area (Å²) in [7, 11) is 0. The first-order valence-electron chi connectivity index (χ1n) is 6.10. The normalized spacial score (nSPS) is 26.5. The molecular weight excluding hydrogens is 158 g/mol. The van der Waals surface area contributed by atoms with Gasteiger partial charge in [0.25, 0.3) is 0 Å². The number of nitrogens with two attached hydrogens (primary N) is 1. The summed E-state index contributed by atoms with van der Waals surface area (Å²) in [5.41, 5.74) is 6.09. The molecule has 1 heteroatoms. The molecule has 0 amide bonds. The lowest BCUT2D eigenvalue weighted by Crippen LogP contribution is -2.21. The molecule has 2 saturated carbocycles. The van der Waals surface area contributed by atoms with Gasteiger partial charge in [0.2, 0.25) is 0 Å². The van der Waals surface area contributed by atoms with Gasteiger partial charge in [0.05, 0.1) is 0 Å². The zero-order valence-corrected chi connectivity index (χ0v) is 8.67. The first kappa shape index (κ1) is 9.51. The summed E-state index contributed by atoms with van der Waals surface area (Å²) in [5, 5.41) is 0. The lowest BCUT2D eigenvalue weighted by atomic mass is 9.96. The van der Waals surface area contributed by atoms with Gasteiger partial charge in [0.15, 0.2) is 0 Å². The second-order valence-corrected chi connectivity index (χ2v) is 5.17. The van der Waals surface area contributed by atoms with E-state index in [0.29, 0.717) is 6.04 Å². The Morgan fingerprint density at radius 2 is 1.69 bits per heavy atom. The lowest BCUT2D eigenvalue weighted by Gasteiger charge is -2.13. The van der Waals surface area contributed by atoms with Crippen LogP contribution in [0.25, 0.3) is 0 Å². The topological polar surface area (TPSA) is 26.0 Å². The first-order chi connectivity index (χ1) is 6.34. The van der Waals surface area contributed by atoms with Crippen molar-refractivity contribution in [3.63, 3.8) is 0 Å². The molecule has 1 unspecified atom stereocenters. The Morgan fingerprint density at radius 3 is 2.31 bits per heavy atom. The number of hydrogen-bond donors (Lipinski definition) is 1. The lowest BCUT2D eigenvalue weighted by molar-refractivity contribution is 0.428. The van der Waals surface area contributed by atoms with Crippen LogP contribution in [0.5, 0.6) is 0 Å². The summed E-state index contributed by atoms with van der Waals surface area (Å²) in [6.45, 7) is 0. The van der Waals surface area contributed by atoms with Gasteiger partial charge >= 0.3 is 0 Å². The molecule has 0 aromatic carbocycles. The summed E-state index contributed by atoms with van der Waals surface area (Å²) >= 11 is 0. The van der Waals surface area contributed by atoms with Crippen LogP contribution in [0.15, 0.2) is 0 Å². The van der Waals surface area contributed by atoms with Crippen molar-refractivity contribution in [1.29, 1.82) is 0 Å². The Balaban J connectivity index is 1.54. The third-order valence-corrected chi connectivity index (χ3v) is 3.75. The van der Waals surface area contributed by atoms with Crippen LogP contribution in [-0.4, -0.2) is 6.04 Å². The van der Waals surface area contributed by atoms with E-state index in [4.69, 9.17) is 5.73 Å². The van der Waals surface area contributed by atoms with Gasteiger partial charge in [-0.3, -0.25) is 0 Å². The molecule has 13 heavy (non-hydrogen) atoms. The fraction of sp³-hybridized carbons (Fsp3) is 1.00. The number of hydrogen-bond acceptors (Lipinski definition) is 1. The molecular formula is C12H23N. The van der Waals surface area contributed by atoms with Crippen molar-refractivity contribution in [3.05, 3.63) is 0 Å². The first-order valence-corrected chi connectivity index (χ1v) is 6.10. The van der Waals surface area contributed by atoms with Gasteiger partial charge in [0.1, 0.15) is 0 Å². The second-order valence-electron chi connectivity index (χ2n) is 5.17. The molecule has 2 fully saturated rings. The highest BCUT2D eigenvalue weighted by Gasteiger charge is 2.24. The Hall–Kier alpha value is -0.0400. The highest BCUT2D eigenvalue weighted by Crippen LogP contribution is 2.35. The van der Waals surface area contributed by atoms with Crippen LogP contribution in [0.4, 0.5) is 0 Å². The molecule has 1 atom stereocenters. The zero-order valence-electron chi connectivity index (χ0n) is 8.67. The van der Waals surface area contributed by atoms with Crippen LogP contribution in [0, 0.1) is 11.8 Å². The van der Waals surface area contributed by atoms with E-state index in [2.05, 4.69) is 0 Å². The molecule has 0 aromatic rings. The van der Waals surface area contributed by atoms with E-state index in [1.165, 1.54) is 57.8 Å². The van der Waals surface area contributed by atoms with Gasteiger partial charge in [-0.05, 0) is 31.1 Å². The van der Waals surface area contributed by atoms with Crippen LogP contribution >= 0.6 is 0 Å². The van der Waals surface area contributed by atoms with Crippen molar-refractivity contribution >= 4 is 0 Å². The minimum absolute atomic E-state index is 0.521. The van der Waals surface area contributed by atoms with Gasteiger partial charge < -0.3 is 5.73 Å². The molecule has 0 spiro atoms. The molecule has 0 radical (unpaired) electrons. The van der Waals surface area contributed by atoms with E-state index < -0.39 is 0 Å². The molecule has 0 bridgehead atoms. The predicted molar refractivity (Wildman–Crippen MR) is 56.5 cm³/mol. The predicted octanol–water partition coefficient (Wildman–Crippen LogP) is 3.08. The summed E-state index contributed by atoms with van der Waals surface area (Å²) in [6.07, 6.45) is 12.8. The van der Waals surface area contributed by atoms with Gasteiger partial charge in [-0.1, -0.05) is 38.5 Å². The Labute approximate surface area is 82.1 Å². The van der Waals surface area contributed by atoms with E-state index in [1.54, 1.807) is 0 Å². The summed E-state index contributed by atoms with van der Waals surface area (Å²) in [5.74, 6) is 2.05. The minimum Gasteiger partial charge on any atom is -0.328 e. The molecule has 0 aliphatic heterocycles. The van der Waals surface area contributed by atoms with E-state index in [9.17, 15) is 0 Å². The Morgan fingerprint density at radius 1 is 1.00 bits per heavy atom. The molecule has 2 N–H and O–H groups in total. The maximum Gasteiger partial charge on any atom is 0.00415 e. The average molecular weight is 181 g/mol. The quantitative estimate of drug-likeness (QED) is 0.693. The van der Waals surface area contributed by atoms with Crippen LogP contribution in [-0.2, 0) is 0 Å². The zero-order chi connectivity index (χ0) is 9.10. The molecule has 2 aliphatic rings. The van der Waals surface area contributed by atoms with Crippen molar-refractivity contribution in [1.82, 2.24) is 0 Å². The average Bonchev–Trinajstić information content (AvgIpc) is 2.78. The molecule has 76 valence electrons. The van der Waals surface area contributed by atoms with E-state index in [1.807, 2.05) is 0 Å². The van der Waals surface area contributed by atoms with Gasteiger partial charge in [-0.2, -0.15) is 0 Å². The van der Waals surface area contributed by atoms with Crippen LogP contribution in [0.1, 0.15) is 57.8 Å². The van der Waals surface area contributed by atoms with Crippen LogP contribution in [0.2, 0.25) is 0 Å². The highest BCUT2D eigenvalue weighted by molar-refractivity contribution is 4.79. The van der Waals surface area contributed by atoms with E-state index in [-0.39, 0.29) is 0 Å². The molecule has 0 saturated heterocycles. The van der Waals surface area contributed by atoms with Gasteiger partial charge in [0, 0.05) is 6.04 Å². The van der Waals surface area contributed by atoms with Crippen molar-refractivity contribution in [3.8, 4) is 0 Å². The second kappa shape index (κ2) is 4.45. The maximum absolute atomic E-state index is 6.09. The van der Waals surface area contributed by atoms with Crippen LogP contribution in [0.3, 0.4) is 0 Å². The monoisotopic (exact) mass is 181 g/mol. The molecule has 0 heterocycles. The van der Waals surface area contributed by atoms with E-state index in [0.717, 1.165) is 11.8 Å². The summed E-state index contributed by atoms with van der Waals surface area (Å²) in [6, 6.07) is 0.521. The summed E-state index contributed by atoms with van der Waals surface area (Å²) in [4.78, 5) is 0. The minimum atomic E-state index is 0.521. The standard InChI is InChI=1S/C12H23N/c13-12(9-11-5-6-11)8-7-10-3-1-2-4-10/h10-12H,1-9,13H2. The van der Waals surface area contributed by atoms with Gasteiger partial charge in [-0.15, -0.1) is 0 Å². The summed E-state index contributed by atoms with van der Waals surface area (Å²) < 4.78 is 0. The fourth-order valence-electron chi connectivity index (χ4n) is 2.65. The highest BCUT2D eigenvalue weighted by atomic mass is 14.6.